The van der Waals surface area contributed by atoms with Crippen LogP contribution in [0.3, 0.4) is 0 Å². The van der Waals surface area contributed by atoms with Crippen molar-refractivity contribution in [3.05, 3.63) is 24.5 Å². The van der Waals surface area contributed by atoms with Gasteiger partial charge in [0.1, 0.15) is 0 Å². The van der Waals surface area contributed by atoms with E-state index in [1.54, 1.807) is 31.5 Å². The predicted octanol–water partition coefficient (Wildman–Crippen LogP) is 0.949. The highest BCUT2D eigenvalue weighted by Crippen LogP contribution is 2.01. The zero-order valence-corrected chi connectivity index (χ0v) is 10.1. The molecular weight excluding hydrogens is 236 g/mol. The molecule has 0 atom stereocenters. The number of alkyl carbamates (subject to hydrolysis) is 1. The van der Waals surface area contributed by atoms with Gasteiger partial charge in [-0.15, -0.1) is 0 Å². The Hall–Kier alpha value is -2.31. The van der Waals surface area contributed by atoms with Crippen molar-refractivity contribution in [1.29, 1.82) is 0 Å². The smallest absolute Gasteiger partial charge is 0.407 e. The van der Waals surface area contributed by atoms with Crippen molar-refractivity contribution in [2.75, 3.05) is 25.0 Å². The lowest BCUT2D eigenvalue weighted by molar-refractivity contribution is 0.152. The van der Waals surface area contributed by atoms with E-state index in [4.69, 9.17) is 0 Å². The summed E-state index contributed by atoms with van der Waals surface area (Å²) < 4.78 is 4.66. The van der Waals surface area contributed by atoms with E-state index in [-0.39, 0.29) is 6.03 Å². The normalized spacial score (nSPS) is 9.39. The number of rotatable bonds is 5. The number of pyridine rings is 1. The van der Waals surface area contributed by atoms with Crippen LogP contribution in [-0.2, 0) is 4.74 Å². The van der Waals surface area contributed by atoms with Crippen LogP contribution < -0.4 is 16.0 Å². The average Bonchev–Trinajstić information content (AvgIpc) is 2.36. The van der Waals surface area contributed by atoms with Crippen LogP contribution in [0, 0.1) is 0 Å². The second-order valence-electron chi connectivity index (χ2n) is 3.26. The van der Waals surface area contributed by atoms with Gasteiger partial charge in [0.2, 0.25) is 0 Å². The van der Waals surface area contributed by atoms with E-state index in [0.29, 0.717) is 25.4 Å². The molecule has 0 saturated heterocycles. The first-order valence-corrected chi connectivity index (χ1v) is 5.58. The molecule has 1 rings (SSSR count). The van der Waals surface area contributed by atoms with E-state index < -0.39 is 6.09 Å². The first-order chi connectivity index (χ1) is 8.72. The van der Waals surface area contributed by atoms with Gasteiger partial charge in [-0.1, -0.05) is 0 Å². The molecule has 0 spiro atoms. The molecule has 0 aliphatic carbocycles. The molecule has 98 valence electrons. The molecule has 0 radical (unpaired) electrons. The average molecular weight is 252 g/mol. The Morgan fingerprint density at radius 3 is 2.56 bits per heavy atom. The van der Waals surface area contributed by atoms with E-state index in [2.05, 4.69) is 25.7 Å². The quantitative estimate of drug-likeness (QED) is 0.680. The van der Waals surface area contributed by atoms with Crippen LogP contribution in [0.4, 0.5) is 15.3 Å². The summed E-state index contributed by atoms with van der Waals surface area (Å²) in [6, 6.07) is 3.01. The number of aromatic nitrogens is 1. The van der Waals surface area contributed by atoms with E-state index in [1.807, 2.05) is 0 Å². The molecule has 3 N–H and O–H groups in total. The van der Waals surface area contributed by atoms with E-state index in [9.17, 15) is 9.59 Å². The van der Waals surface area contributed by atoms with Crippen molar-refractivity contribution < 1.29 is 14.3 Å². The fraction of sp³-hybridized carbons (Fsp3) is 0.364. The molecule has 3 amide bonds. The standard InChI is InChI=1S/C11H16N4O3/c1-2-18-11(17)14-8-7-13-10(16)15-9-3-5-12-6-4-9/h3-6H,2,7-8H2,1H3,(H,14,17)(H2,12,13,15,16). The third kappa shape index (κ3) is 5.69. The van der Waals surface area contributed by atoms with Crippen molar-refractivity contribution >= 4 is 17.8 Å². The van der Waals surface area contributed by atoms with E-state index in [0.717, 1.165) is 0 Å². The lowest BCUT2D eigenvalue weighted by Gasteiger charge is -2.08. The molecular formula is C11H16N4O3. The summed E-state index contributed by atoms with van der Waals surface area (Å²) in [7, 11) is 0. The summed E-state index contributed by atoms with van der Waals surface area (Å²) in [4.78, 5) is 26.1. The summed E-state index contributed by atoms with van der Waals surface area (Å²) >= 11 is 0. The summed E-state index contributed by atoms with van der Waals surface area (Å²) in [6.45, 7) is 2.67. The zero-order valence-electron chi connectivity index (χ0n) is 10.1. The number of nitrogens with zero attached hydrogens (tertiary/aromatic N) is 1. The highest BCUT2D eigenvalue weighted by Gasteiger charge is 2.01. The molecule has 0 aliphatic rings. The summed E-state index contributed by atoms with van der Waals surface area (Å²) in [6.07, 6.45) is 2.67. The summed E-state index contributed by atoms with van der Waals surface area (Å²) in [5, 5.41) is 7.70. The SMILES string of the molecule is CCOC(=O)NCCNC(=O)Nc1ccncc1. The molecule has 0 bridgehead atoms. The minimum Gasteiger partial charge on any atom is -0.450 e. The molecule has 0 saturated carbocycles. The molecule has 1 aromatic heterocycles. The number of anilines is 1. The third-order valence-electron chi connectivity index (χ3n) is 1.89. The third-order valence-corrected chi connectivity index (χ3v) is 1.89. The molecule has 0 unspecified atom stereocenters. The minimum absolute atomic E-state index is 0.308. The molecule has 7 heteroatoms. The number of hydrogen-bond acceptors (Lipinski definition) is 4. The van der Waals surface area contributed by atoms with Gasteiger partial charge < -0.3 is 20.7 Å². The van der Waals surface area contributed by atoms with Gasteiger partial charge in [0.15, 0.2) is 0 Å². The van der Waals surface area contributed by atoms with E-state index >= 15 is 0 Å². The number of hydrogen-bond donors (Lipinski definition) is 3. The Labute approximate surface area is 105 Å². The van der Waals surface area contributed by atoms with Gasteiger partial charge in [0.25, 0.3) is 0 Å². The molecule has 7 nitrogen and oxygen atoms in total. The van der Waals surface area contributed by atoms with Crippen molar-refractivity contribution in [3.8, 4) is 0 Å². The van der Waals surface area contributed by atoms with Gasteiger partial charge >= 0.3 is 12.1 Å². The number of nitrogens with one attached hydrogen (secondary N) is 3. The highest BCUT2D eigenvalue weighted by molar-refractivity contribution is 5.89. The number of carbonyl (C=O) groups excluding carboxylic acids is 2. The summed E-state index contributed by atoms with van der Waals surface area (Å²) in [5.74, 6) is 0. The summed E-state index contributed by atoms with van der Waals surface area (Å²) in [5.41, 5.74) is 0.654. The lowest BCUT2D eigenvalue weighted by Crippen LogP contribution is -2.37. The molecule has 18 heavy (non-hydrogen) atoms. The second kappa shape index (κ2) is 7.88. The topological polar surface area (TPSA) is 92.4 Å². The van der Waals surface area contributed by atoms with Crippen molar-refractivity contribution in [2.45, 2.75) is 6.92 Å². The van der Waals surface area contributed by atoms with Crippen LogP contribution in [0.15, 0.2) is 24.5 Å². The number of ether oxygens (including phenoxy) is 1. The van der Waals surface area contributed by atoms with Crippen LogP contribution in [0.1, 0.15) is 6.92 Å². The molecule has 0 aromatic carbocycles. The predicted molar refractivity (Wildman–Crippen MR) is 66.3 cm³/mol. The minimum atomic E-state index is -0.492. The maximum atomic E-state index is 11.4. The van der Waals surface area contributed by atoms with Gasteiger partial charge in [-0.25, -0.2) is 9.59 Å². The van der Waals surface area contributed by atoms with Crippen LogP contribution >= 0.6 is 0 Å². The van der Waals surface area contributed by atoms with Crippen molar-refractivity contribution in [2.24, 2.45) is 0 Å². The maximum Gasteiger partial charge on any atom is 0.407 e. The Morgan fingerprint density at radius 1 is 1.22 bits per heavy atom. The van der Waals surface area contributed by atoms with Gasteiger partial charge in [-0.2, -0.15) is 0 Å². The Bertz CT molecular complexity index is 383. The van der Waals surface area contributed by atoms with Crippen LogP contribution in [0.2, 0.25) is 0 Å². The lowest BCUT2D eigenvalue weighted by atomic mass is 10.4. The molecule has 1 aromatic rings. The number of carbonyl (C=O) groups is 2. The van der Waals surface area contributed by atoms with Gasteiger partial charge in [0, 0.05) is 31.2 Å². The van der Waals surface area contributed by atoms with Crippen molar-refractivity contribution in [1.82, 2.24) is 15.6 Å². The van der Waals surface area contributed by atoms with Crippen LogP contribution in [0.25, 0.3) is 0 Å². The first-order valence-electron chi connectivity index (χ1n) is 5.58. The van der Waals surface area contributed by atoms with Crippen LogP contribution in [-0.4, -0.2) is 36.8 Å². The highest BCUT2D eigenvalue weighted by atomic mass is 16.5. The van der Waals surface area contributed by atoms with Crippen molar-refractivity contribution in [3.63, 3.8) is 0 Å². The molecule has 1 heterocycles. The second-order valence-corrected chi connectivity index (χ2v) is 3.26. The molecule has 0 fully saturated rings. The largest absolute Gasteiger partial charge is 0.450 e. The Morgan fingerprint density at radius 2 is 1.89 bits per heavy atom. The maximum absolute atomic E-state index is 11.4. The molecule has 0 aliphatic heterocycles. The van der Waals surface area contributed by atoms with Gasteiger partial charge in [-0.3, -0.25) is 4.98 Å². The number of amides is 3. The first kappa shape index (κ1) is 13.8. The Kier molecular flexibility index (Phi) is 6.02. The fourth-order valence-corrected chi connectivity index (χ4v) is 1.13. The zero-order chi connectivity index (χ0) is 13.2. The Balaban J connectivity index is 2.12. The fourth-order valence-electron chi connectivity index (χ4n) is 1.13. The monoisotopic (exact) mass is 252 g/mol. The van der Waals surface area contributed by atoms with Gasteiger partial charge in [-0.05, 0) is 19.1 Å². The van der Waals surface area contributed by atoms with Crippen LogP contribution in [0.5, 0.6) is 0 Å². The van der Waals surface area contributed by atoms with Gasteiger partial charge in [0.05, 0.1) is 6.61 Å². The number of urea groups is 1. The van der Waals surface area contributed by atoms with E-state index in [1.165, 1.54) is 0 Å².